The van der Waals surface area contributed by atoms with Crippen LogP contribution in [0.1, 0.15) is 26.5 Å². The number of hydrogen-bond donors (Lipinski definition) is 0. The first-order valence-electron chi connectivity index (χ1n) is 8.18. The van der Waals surface area contributed by atoms with Gasteiger partial charge in [-0.2, -0.15) is 5.26 Å². The van der Waals surface area contributed by atoms with Crippen LogP contribution in [0, 0.1) is 18.3 Å². The molecule has 0 spiro atoms. The summed E-state index contributed by atoms with van der Waals surface area (Å²) in [5.74, 6) is -0.137. The van der Waals surface area contributed by atoms with Crippen LogP contribution in [-0.4, -0.2) is 10.8 Å². The highest BCUT2D eigenvalue weighted by Crippen LogP contribution is 2.32. The number of nitriles is 1. The number of pyridine rings is 1. The van der Waals surface area contributed by atoms with Crippen LogP contribution in [0.2, 0.25) is 0 Å². The number of carbonyl (C=O) groups excluding carboxylic acids is 1. The number of thiophene rings is 1. The van der Waals surface area contributed by atoms with Crippen LogP contribution >= 0.6 is 11.3 Å². The molecule has 124 valence electrons. The third kappa shape index (κ3) is 2.79. The van der Waals surface area contributed by atoms with Gasteiger partial charge in [0, 0.05) is 16.6 Å². The Morgan fingerprint density at radius 1 is 0.962 bits per heavy atom. The highest BCUT2D eigenvalue weighted by molar-refractivity contribution is 7.20. The molecule has 0 N–H and O–H groups in total. The highest BCUT2D eigenvalue weighted by Gasteiger charge is 2.20. The summed E-state index contributed by atoms with van der Waals surface area (Å²) in [6.07, 6.45) is 0. The summed E-state index contributed by atoms with van der Waals surface area (Å²) in [6.45, 7) is 1.90. The number of rotatable bonds is 3. The molecule has 0 saturated carbocycles. The minimum Gasteiger partial charge on any atom is -0.288 e. The Morgan fingerprint density at radius 2 is 1.65 bits per heavy atom. The number of carbonyl (C=O) groups is 1. The van der Waals surface area contributed by atoms with Crippen molar-refractivity contribution in [3.8, 4) is 17.2 Å². The maximum atomic E-state index is 13.0. The van der Waals surface area contributed by atoms with Gasteiger partial charge >= 0.3 is 0 Å². The molecular weight excluding hydrogens is 340 g/mol. The van der Waals surface area contributed by atoms with Crippen molar-refractivity contribution in [2.75, 3.05) is 0 Å². The number of nitrogens with zero attached hydrogens (tertiary/aromatic N) is 2. The Balaban J connectivity index is 1.74. The number of benzene rings is 2. The van der Waals surface area contributed by atoms with Crippen molar-refractivity contribution in [1.82, 2.24) is 4.98 Å². The van der Waals surface area contributed by atoms with Gasteiger partial charge in [-0.3, -0.25) is 4.79 Å². The maximum Gasteiger partial charge on any atom is 0.204 e. The predicted molar refractivity (Wildman–Crippen MR) is 104 cm³/mol. The van der Waals surface area contributed by atoms with E-state index in [2.05, 4.69) is 11.1 Å². The molecule has 0 bridgehead atoms. The molecule has 0 fully saturated rings. The predicted octanol–water partition coefficient (Wildman–Crippen LogP) is 5.37. The van der Waals surface area contributed by atoms with Crippen molar-refractivity contribution >= 4 is 27.3 Å². The Hall–Kier alpha value is -3.29. The Kier molecular flexibility index (Phi) is 4.08. The summed E-state index contributed by atoms with van der Waals surface area (Å²) in [7, 11) is 0. The van der Waals surface area contributed by atoms with Gasteiger partial charge in [-0.05, 0) is 30.2 Å². The van der Waals surface area contributed by atoms with Gasteiger partial charge in [0.05, 0.1) is 10.4 Å². The van der Waals surface area contributed by atoms with Gasteiger partial charge in [0.2, 0.25) is 5.78 Å². The first kappa shape index (κ1) is 16.2. The summed E-state index contributed by atoms with van der Waals surface area (Å²) in [6, 6.07) is 23.4. The van der Waals surface area contributed by atoms with Crippen molar-refractivity contribution < 1.29 is 4.79 Å². The number of hydrogen-bond acceptors (Lipinski definition) is 4. The van der Waals surface area contributed by atoms with Crippen LogP contribution in [0.5, 0.6) is 0 Å². The topological polar surface area (TPSA) is 53.8 Å². The molecule has 0 unspecified atom stereocenters. The average Bonchev–Trinajstić information content (AvgIpc) is 3.05. The molecule has 4 heteroatoms. The molecule has 0 aliphatic rings. The largest absolute Gasteiger partial charge is 0.288 e. The van der Waals surface area contributed by atoms with E-state index < -0.39 is 0 Å². The van der Waals surface area contributed by atoms with Gasteiger partial charge in [0.15, 0.2) is 0 Å². The zero-order valence-electron chi connectivity index (χ0n) is 14.1. The second kappa shape index (κ2) is 6.55. The highest BCUT2D eigenvalue weighted by atomic mass is 32.1. The third-order valence-electron chi connectivity index (χ3n) is 4.27. The summed E-state index contributed by atoms with van der Waals surface area (Å²) in [5, 5.41) is 10.3. The summed E-state index contributed by atoms with van der Waals surface area (Å²) in [5.41, 5.74) is 4.01. The van der Waals surface area contributed by atoms with E-state index in [9.17, 15) is 10.1 Å². The number of aromatic nitrogens is 1. The molecule has 2 aromatic carbocycles. The minimum atomic E-state index is -0.137. The van der Waals surface area contributed by atoms with Gasteiger partial charge in [-0.15, -0.1) is 11.3 Å². The Morgan fingerprint density at radius 3 is 2.35 bits per heavy atom. The summed E-state index contributed by atoms with van der Waals surface area (Å²) >= 11 is 1.28. The van der Waals surface area contributed by atoms with E-state index >= 15 is 0 Å². The fraction of sp³-hybridized carbons (Fsp3) is 0.0455. The van der Waals surface area contributed by atoms with Crippen molar-refractivity contribution in [1.29, 1.82) is 5.26 Å². The maximum absolute atomic E-state index is 13.0. The van der Waals surface area contributed by atoms with Crippen LogP contribution in [0.3, 0.4) is 0 Å². The SMILES string of the molecule is Cc1ccc2c(C#N)c(C(=O)c3ccc(-c4ccccc4)cc3)sc2n1. The molecule has 0 aliphatic heterocycles. The van der Waals surface area contributed by atoms with Crippen LogP contribution in [0.15, 0.2) is 66.7 Å². The lowest BCUT2D eigenvalue weighted by Crippen LogP contribution is -2.00. The first-order chi connectivity index (χ1) is 12.7. The number of aryl methyl sites for hydroxylation is 1. The van der Waals surface area contributed by atoms with Crippen molar-refractivity contribution in [2.24, 2.45) is 0 Å². The molecule has 0 radical (unpaired) electrons. The summed E-state index contributed by atoms with van der Waals surface area (Å²) < 4.78 is 0. The lowest BCUT2D eigenvalue weighted by Gasteiger charge is -2.03. The molecule has 4 rings (SSSR count). The van der Waals surface area contributed by atoms with E-state index in [1.807, 2.05) is 73.7 Å². The average molecular weight is 354 g/mol. The van der Waals surface area contributed by atoms with Gasteiger partial charge in [-0.1, -0.05) is 54.6 Å². The van der Waals surface area contributed by atoms with Gasteiger partial charge in [0.1, 0.15) is 10.9 Å². The van der Waals surface area contributed by atoms with Gasteiger partial charge in [0.25, 0.3) is 0 Å². The van der Waals surface area contributed by atoms with Crippen molar-refractivity contribution in [3.05, 3.63) is 88.4 Å². The minimum absolute atomic E-state index is 0.137. The normalized spacial score (nSPS) is 10.6. The van der Waals surface area contributed by atoms with Crippen LogP contribution in [0.25, 0.3) is 21.3 Å². The Bertz CT molecular complexity index is 1150. The first-order valence-corrected chi connectivity index (χ1v) is 8.99. The molecule has 3 nitrogen and oxygen atoms in total. The zero-order chi connectivity index (χ0) is 18.1. The van der Waals surface area contributed by atoms with E-state index in [-0.39, 0.29) is 5.78 Å². The second-order valence-corrected chi connectivity index (χ2v) is 6.99. The fourth-order valence-electron chi connectivity index (χ4n) is 2.92. The molecule has 0 saturated heterocycles. The quantitative estimate of drug-likeness (QED) is 0.464. The van der Waals surface area contributed by atoms with E-state index in [1.54, 1.807) is 0 Å². The standard InChI is InChI=1S/C22H14N2OS/c1-14-7-12-18-19(13-23)21(26-22(18)24-14)20(25)17-10-8-16(9-11-17)15-5-3-2-4-6-15/h2-12H,1H3. The molecule has 0 atom stereocenters. The van der Waals surface area contributed by atoms with Crippen LogP contribution in [-0.2, 0) is 0 Å². The van der Waals surface area contributed by atoms with Crippen LogP contribution < -0.4 is 0 Å². The molecule has 4 aromatic rings. The monoisotopic (exact) mass is 354 g/mol. The molecule has 26 heavy (non-hydrogen) atoms. The zero-order valence-corrected chi connectivity index (χ0v) is 14.9. The molecule has 0 aliphatic carbocycles. The van der Waals surface area contributed by atoms with Crippen molar-refractivity contribution in [2.45, 2.75) is 6.92 Å². The molecule has 0 amide bonds. The number of fused-ring (bicyclic) bond motifs is 1. The van der Waals surface area contributed by atoms with Gasteiger partial charge < -0.3 is 0 Å². The fourth-order valence-corrected chi connectivity index (χ4v) is 4.05. The van der Waals surface area contributed by atoms with E-state index in [4.69, 9.17) is 0 Å². The molecule has 2 aromatic heterocycles. The lowest BCUT2D eigenvalue weighted by atomic mass is 10.0. The van der Waals surface area contributed by atoms with Crippen molar-refractivity contribution in [3.63, 3.8) is 0 Å². The smallest absolute Gasteiger partial charge is 0.204 e. The van der Waals surface area contributed by atoms with E-state index in [0.29, 0.717) is 16.0 Å². The second-order valence-electron chi connectivity index (χ2n) is 6.00. The molecular formula is C22H14N2OS. The van der Waals surface area contributed by atoms with Gasteiger partial charge in [-0.25, -0.2) is 4.98 Å². The van der Waals surface area contributed by atoms with Crippen LogP contribution in [0.4, 0.5) is 0 Å². The van der Waals surface area contributed by atoms with E-state index in [1.165, 1.54) is 11.3 Å². The number of ketones is 1. The Labute approximate surface area is 155 Å². The summed E-state index contributed by atoms with van der Waals surface area (Å²) in [4.78, 5) is 18.6. The third-order valence-corrected chi connectivity index (χ3v) is 5.37. The van der Waals surface area contributed by atoms with E-state index in [0.717, 1.165) is 27.0 Å². The lowest BCUT2D eigenvalue weighted by molar-refractivity contribution is 0.104. The molecule has 2 heterocycles.